The van der Waals surface area contributed by atoms with E-state index in [1.54, 1.807) is 42.7 Å². The molecule has 1 unspecified atom stereocenters. The van der Waals surface area contributed by atoms with Crippen LogP contribution in [-0.2, 0) is 14.3 Å². The Hall–Kier alpha value is -3.39. The van der Waals surface area contributed by atoms with Crippen LogP contribution in [0.3, 0.4) is 0 Å². The molecule has 0 radical (unpaired) electrons. The number of aliphatic hydroxyl groups is 1. The summed E-state index contributed by atoms with van der Waals surface area (Å²) in [5.41, 5.74) is 1.00. The molecular formula is C22H22N2O6. The highest BCUT2D eigenvalue weighted by Gasteiger charge is 2.46. The van der Waals surface area contributed by atoms with Crippen molar-refractivity contribution < 1.29 is 28.9 Å². The van der Waals surface area contributed by atoms with Crippen LogP contribution in [0.5, 0.6) is 11.5 Å². The van der Waals surface area contributed by atoms with E-state index in [0.717, 1.165) is 0 Å². The third kappa shape index (κ3) is 3.61. The van der Waals surface area contributed by atoms with Gasteiger partial charge in [-0.2, -0.15) is 0 Å². The highest BCUT2D eigenvalue weighted by atomic mass is 16.7. The van der Waals surface area contributed by atoms with Gasteiger partial charge in [-0.05, 0) is 43.7 Å². The fourth-order valence-corrected chi connectivity index (χ4v) is 3.58. The van der Waals surface area contributed by atoms with Crippen molar-refractivity contribution in [3.8, 4) is 11.5 Å². The van der Waals surface area contributed by atoms with Gasteiger partial charge in [0.2, 0.25) is 6.79 Å². The van der Waals surface area contributed by atoms with Crippen LogP contribution in [0.2, 0.25) is 0 Å². The van der Waals surface area contributed by atoms with E-state index < -0.39 is 17.7 Å². The Labute approximate surface area is 173 Å². The molecule has 8 nitrogen and oxygen atoms in total. The zero-order valence-electron chi connectivity index (χ0n) is 16.7. The Morgan fingerprint density at radius 3 is 2.80 bits per heavy atom. The van der Waals surface area contributed by atoms with Crippen LogP contribution in [0.4, 0.5) is 0 Å². The number of ketones is 1. The van der Waals surface area contributed by atoms with Gasteiger partial charge in [0.1, 0.15) is 5.76 Å². The normalized spacial score (nSPS) is 19.7. The molecule has 0 spiro atoms. The van der Waals surface area contributed by atoms with E-state index >= 15 is 0 Å². The quantitative estimate of drug-likeness (QED) is 0.444. The smallest absolute Gasteiger partial charge is 0.295 e. The second kappa shape index (κ2) is 8.16. The molecule has 1 N–H and O–H groups in total. The standard InChI is InChI=1S/C22H22N2O6/c1-13(2)28-9-8-24-19(15-4-3-7-23-11-15)18(21(26)22(24)27)20(25)14-5-6-16-17(10-14)30-12-29-16/h3-7,10-11,13,19,25H,8-9,12H2,1-2H3/b20-18-. The molecule has 3 heterocycles. The number of hydrogen-bond donors (Lipinski definition) is 1. The number of ether oxygens (including phenoxy) is 3. The summed E-state index contributed by atoms with van der Waals surface area (Å²) in [6.07, 6.45) is 3.18. The number of fused-ring (bicyclic) bond motifs is 1. The fraction of sp³-hybridized carbons (Fsp3) is 0.318. The summed E-state index contributed by atoms with van der Waals surface area (Å²) in [6.45, 7) is 4.36. The maximum absolute atomic E-state index is 12.9. The van der Waals surface area contributed by atoms with Crippen LogP contribution in [0.25, 0.3) is 5.76 Å². The largest absolute Gasteiger partial charge is 0.507 e. The molecule has 1 saturated heterocycles. The lowest BCUT2D eigenvalue weighted by Crippen LogP contribution is -2.33. The molecule has 2 aromatic rings. The Bertz CT molecular complexity index is 1000. The van der Waals surface area contributed by atoms with E-state index in [1.165, 1.54) is 4.90 Å². The number of benzene rings is 1. The third-order valence-electron chi connectivity index (χ3n) is 4.97. The minimum Gasteiger partial charge on any atom is -0.507 e. The number of Topliss-reactive ketones (excluding diaryl/α,β-unsaturated/α-hetero) is 1. The van der Waals surface area contributed by atoms with Gasteiger partial charge in [0.05, 0.1) is 24.3 Å². The van der Waals surface area contributed by atoms with Crippen molar-refractivity contribution >= 4 is 17.4 Å². The summed E-state index contributed by atoms with van der Waals surface area (Å²) in [4.78, 5) is 31.3. The Balaban J connectivity index is 1.77. The number of aromatic nitrogens is 1. The number of carbonyl (C=O) groups is 2. The number of likely N-dealkylation sites (tertiary alicyclic amines) is 1. The lowest BCUT2D eigenvalue weighted by molar-refractivity contribution is -0.140. The maximum atomic E-state index is 12.9. The lowest BCUT2D eigenvalue weighted by atomic mass is 9.96. The molecule has 30 heavy (non-hydrogen) atoms. The molecule has 156 valence electrons. The van der Waals surface area contributed by atoms with E-state index in [1.807, 2.05) is 13.8 Å². The molecule has 1 atom stereocenters. The Morgan fingerprint density at radius 2 is 2.07 bits per heavy atom. The van der Waals surface area contributed by atoms with Crippen molar-refractivity contribution in [1.29, 1.82) is 0 Å². The highest BCUT2D eigenvalue weighted by Crippen LogP contribution is 2.41. The lowest BCUT2D eigenvalue weighted by Gasteiger charge is -2.25. The van der Waals surface area contributed by atoms with Crippen LogP contribution in [-0.4, -0.2) is 52.7 Å². The minimum absolute atomic E-state index is 0.00713. The molecule has 8 heteroatoms. The molecule has 4 rings (SSSR count). The first-order valence-electron chi connectivity index (χ1n) is 9.67. The van der Waals surface area contributed by atoms with E-state index in [4.69, 9.17) is 14.2 Å². The molecule has 2 aliphatic heterocycles. The van der Waals surface area contributed by atoms with Crippen LogP contribution in [0.1, 0.15) is 31.0 Å². The van der Waals surface area contributed by atoms with Gasteiger partial charge >= 0.3 is 0 Å². The first kappa shape index (κ1) is 19.9. The number of aliphatic hydroxyl groups excluding tert-OH is 1. The summed E-state index contributed by atoms with van der Waals surface area (Å²) < 4.78 is 16.2. The molecule has 1 fully saturated rings. The van der Waals surface area contributed by atoms with Crippen molar-refractivity contribution in [2.75, 3.05) is 19.9 Å². The Morgan fingerprint density at radius 1 is 1.27 bits per heavy atom. The fourth-order valence-electron chi connectivity index (χ4n) is 3.58. The zero-order valence-corrected chi connectivity index (χ0v) is 16.7. The van der Waals surface area contributed by atoms with Gasteiger partial charge in [-0.25, -0.2) is 0 Å². The average molecular weight is 410 g/mol. The average Bonchev–Trinajstić information content (AvgIpc) is 3.31. The first-order chi connectivity index (χ1) is 14.5. The summed E-state index contributed by atoms with van der Waals surface area (Å²) >= 11 is 0. The number of pyridine rings is 1. The van der Waals surface area contributed by atoms with Crippen LogP contribution in [0, 0.1) is 0 Å². The van der Waals surface area contributed by atoms with Gasteiger partial charge in [0.15, 0.2) is 11.5 Å². The second-order valence-corrected chi connectivity index (χ2v) is 7.27. The third-order valence-corrected chi connectivity index (χ3v) is 4.97. The summed E-state index contributed by atoms with van der Waals surface area (Å²) in [6, 6.07) is 7.60. The molecule has 1 aromatic heterocycles. The second-order valence-electron chi connectivity index (χ2n) is 7.27. The van der Waals surface area contributed by atoms with Crippen molar-refractivity contribution in [1.82, 2.24) is 9.88 Å². The predicted molar refractivity (Wildman–Crippen MR) is 107 cm³/mol. The topological polar surface area (TPSA) is 98.2 Å². The molecule has 0 bridgehead atoms. The van der Waals surface area contributed by atoms with Gasteiger partial charge in [-0.3, -0.25) is 14.6 Å². The van der Waals surface area contributed by atoms with Gasteiger partial charge in [0, 0.05) is 24.5 Å². The van der Waals surface area contributed by atoms with Gasteiger partial charge in [-0.1, -0.05) is 6.07 Å². The van der Waals surface area contributed by atoms with Crippen LogP contribution < -0.4 is 9.47 Å². The number of amides is 1. The van der Waals surface area contributed by atoms with E-state index in [0.29, 0.717) is 22.6 Å². The molecule has 0 saturated carbocycles. The van der Waals surface area contributed by atoms with Gasteiger partial charge in [-0.15, -0.1) is 0 Å². The van der Waals surface area contributed by atoms with Crippen molar-refractivity contribution in [3.63, 3.8) is 0 Å². The molecular weight excluding hydrogens is 388 g/mol. The van der Waals surface area contributed by atoms with E-state index in [-0.39, 0.29) is 37.4 Å². The van der Waals surface area contributed by atoms with Crippen molar-refractivity contribution in [2.45, 2.75) is 26.0 Å². The molecule has 1 aromatic carbocycles. The van der Waals surface area contributed by atoms with Crippen LogP contribution >= 0.6 is 0 Å². The summed E-state index contributed by atoms with van der Waals surface area (Å²) in [5, 5.41) is 11.0. The number of carbonyl (C=O) groups excluding carboxylic acids is 2. The van der Waals surface area contributed by atoms with Crippen LogP contribution in [0.15, 0.2) is 48.3 Å². The first-order valence-corrected chi connectivity index (χ1v) is 9.67. The monoisotopic (exact) mass is 410 g/mol. The van der Waals surface area contributed by atoms with Gasteiger partial charge in [0.25, 0.3) is 11.7 Å². The van der Waals surface area contributed by atoms with Crippen molar-refractivity contribution in [2.24, 2.45) is 0 Å². The minimum atomic E-state index is -0.764. The molecule has 2 aliphatic rings. The Kier molecular flexibility index (Phi) is 5.41. The predicted octanol–water partition coefficient (Wildman–Crippen LogP) is 2.66. The SMILES string of the molecule is CC(C)OCCN1C(=O)C(=O)/C(=C(\O)c2ccc3c(c2)OCO3)C1c1cccnc1. The maximum Gasteiger partial charge on any atom is 0.295 e. The van der Waals surface area contributed by atoms with Gasteiger partial charge < -0.3 is 24.2 Å². The number of nitrogens with zero attached hydrogens (tertiary/aromatic N) is 2. The zero-order chi connectivity index (χ0) is 21.3. The number of rotatable bonds is 6. The van der Waals surface area contributed by atoms with E-state index in [9.17, 15) is 14.7 Å². The molecule has 0 aliphatic carbocycles. The summed E-state index contributed by atoms with van der Waals surface area (Å²) in [5.74, 6) is -0.673. The molecule has 1 amide bonds. The number of hydrogen-bond acceptors (Lipinski definition) is 7. The highest BCUT2D eigenvalue weighted by molar-refractivity contribution is 6.46. The van der Waals surface area contributed by atoms with Crippen molar-refractivity contribution in [3.05, 3.63) is 59.4 Å². The summed E-state index contributed by atoms with van der Waals surface area (Å²) in [7, 11) is 0. The van der Waals surface area contributed by atoms with E-state index in [2.05, 4.69) is 4.98 Å².